The molecule has 0 aliphatic carbocycles. The van der Waals surface area contributed by atoms with E-state index in [1.807, 2.05) is 19.9 Å². The summed E-state index contributed by atoms with van der Waals surface area (Å²) in [6.45, 7) is 0.388. The van der Waals surface area contributed by atoms with E-state index in [2.05, 4.69) is 10.1 Å². The molecule has 0 bridgehead atoms. The first-order chi connectivity index (χ1) is 13.7. The van der Waals surface area contributed by atoms with Crippen molar-refractivity contribution in [2.24, 2.45) is 0 Å². The third-order valence-corrected chi connectivity index (χ3v) is 4.11. The van der Waals surface area contributed by atoms with Crippen LogP contribution in [-0.4, -0.2) is 30.9 Å². The summed E-state index contributed by atoms with van der Waals surface area (Å²) < 4.78 is 33.2. The van der Waals surface area contributed by atoms with E-state index < -0.39 is 25.1 Å². The Labute approximate surface area is 166 Å². The molecular formula is C21H21F2NO5. The van der Waals surface area contributed by atoms with Gasteiger partial charge in [-0.3, -0.25) is 14.4 Å². The molecule has 0 heterocycles. The van der Waals surface area contributed by atoms with Gasteiger partial charge in [-0.25, -0.2) is 0 Å². The van der Waals surface area contributed by atoms with E-state index in [0.29, 0.717) is 11.3 Å². The van der Waals surface area contributed by atoms with Crippen LogP contribution in [0, 0.1) is 13.8 Å². The lowest BCUT2D eigenvalue weighted by molar-refractivity contribution is -0.147. The molecule has 0 spiro atoms. The van der Waals surface area contributed by atoms with Crippen molar-refractivity contribution in [3.05, 3.63) is 59.2 Å². The van der Waals surface area contributed by atoms with Gasteiger partial charge in [0.2, 0.25) is 0 Å². The largest absolute Gasteiger partial charge is 0.456 e. The van der Waals surface area contributed by atoms with Gasteiger partial charge in [0.25, 0.3) is 5.91 Å². The highest BCUT2D eigenvalue weighted by Gasteiger charge is 2.13. The Balaban J connectivity index is 1.73. The average Bonchev–Trinajstić information content (AvgIpc) is 2.67. The molecule has 0 aromatic heterocycles. The van der Waals surface area contributed by atoms with Crippen molar-refractivity contribution in [3.63, 3.8) is 0 Å². The molecule has 0 saturated carbocycles. The molecule has 0 atom stereocenters. The Morgan fingerprint density at radius 3 is 2.28 bits per heavy atom. The van der Waals surface area contributed by atoms with Crippen molar-refractivity contribution in [2.75, 3.05) is 11.9 Å². The lowest BCUT2D eigenvalue weighted by Crippen LogP contribution is -2.21. The Kier molecular flexibility index (Phi) is 7.82. The molecule has 1 amide bonds. The van der Waals surface area contributed by atoms with Gasteiger partial charge in [0.1, 0.15) is 5.75 Å². The van der Waals surface area contributed by atoms with Crippen LogP contribution in [0.2, 0.25) is 0 Å². The van der Waals surface area contributed by atoms with E-state index in [0.717, 1.165) is 11.1 Å². The number of aryl methyl sites for hydroxylation is 2. The number of alkyl halides is 2. The van der Waals surface area contributed by atoms with Crippen molar-refractivity contribution >= 4 is 23.3 Å². The first-order valence-corrected chi connectivity index (χ1v) is 8.85. The monoisotopic (exact) mass is 405 g/mol. The van der Waals surface area contributed by atoms with E-state index >= 15 is 0 Å². The minimum absolute atomic E-state index is 0.0193. The van der Waals surface area contributed by atoms with Gasteiger partial charge in [-0.05, 0) is 55.3 Å². The van der Waals surface area contributed by atoms with Gasteiger partial charge >= 0.3 is 12.6 Å². The highest BCUT2D eigenvalue weighted by atomic mass is 19.3. The molecule has 6 nitrogen and oxygen atoms in total. The summed E-state index contributed by atoms with van der Waals surface area (Å²) in [6, 6.07) is 10.6. The second-order valence-corrected chi connectivity index (χ2v) is 6.33. The third-order valence-electron chi connectivity index (χ3n) is 4.11. The molecule has 2 aromatic carbocycles. The highest BCUT2D eigenvalue weighted by molar-refractivity contribution is 5.98. The average molecular weight is 405 g/mol. The maximum absolute atomic E-state index is 12.1. The number of anilines is 1. The minimum Gasteiger partial charge on any atom is -0.456 e. The SMILES string of the molecule is Cc1ccc(C(=O)CCC(=O)OCC(=O)Nc2ccc(OC(F)F)cc2)cc1C. The molecule has 1 N–H and O–H groups in total. The number of carbonyl (C=O) groups excluding carboxylic acids is 3. The number of nitrogens with one attached hydrogen (secondary N) is 1. The second-order valence-electron chi connectivity index (χ2n) is 6.33. The van der Waals surface area contributed by atoms with Gasteiger partial charge < -0.3 is 14.8 Å². The van der Waals surface area contributed by atoms with Crippen LogP contribution in [-0.2, 0) is 14.3 Å². The van der Waals surface area contributed by atoms with Crippen molar-refractivity contribution < 1.29 is 32.6 Å². The fourth-order valence-electron chi connectivity index (χ4n) is 2.41. The quantitative estimate of drug-likeness (QED) is 0.503. The van der Waals surface area contributed by atoms with Gasteiger partial charge in [-0.1, -0.05) is 12.1 Å². The predicted molar refractivity (Wildman–Crippen MR) is 102 cm³/mol. The summed E-state index contributed by atoms with van der Waals surface area (Å²) in [7, 11) is 0. The zero-order valence-corrected chi connectivity index (χ0v) is 16.0. The molecule has 0 aliphatic rings. The maximum atomic E-state index is 12.1. The number of carbonyl (C=O) groups is 3. The second kappa shape index (κ2) is 10.3. The van der Waals surface area contributed by atoms with Crippen LogP contribution in [0.25, 0.3) is 0 Å². The number of ketones is 1. The number of benzene rings is 2. The lowest BCUT2D eigenvalue weighted by Gasteiger charge is -2.08. The highest BCUT2D eigenvalue weighted by Crippen LogP contribution is 2.17. The van der Waals surface area contributed by atoms with Gasteiger partial charge in [0.05, 0.1) is 6.42 Å². The molecule has 0 saturated heterocycles. The first-order valence-electron chi connectivity index (χ1n) is 8.85. The summed E-state index contributed by atoms with van der Waals surface area (Å²) in [5.41, 5.74) is 2.92. The zero-order chi connectivity index (χ0) is 21.4. The smallest absolute Gasteiger partial charge is 0.387 e. The van der Waals surface area contributed by atoms with Crippen LogP contribution in [0.5, 0.6) is 5.75 Å². The number of Topliss-reactive ketones (excluding diaryl/α,β-unsaturated/α-hetero) is 1. The molecule has 2 rings (SSSR count). The molecule has 29 heavy (non-hydrogen) atoms. The Morgan fingerprint density at radius 2 is 1.66 bits per heavy atom. The van der Waals surface area contributed by atoms with Crippen LogP contribution in [0.3, 0.4) is 0 Å². The van der Waals surface area contributed by atoms with E-state index in [1.165, 1.54) is 24.3 Å². The van der Waals surface area contributed by atoms with Crippen LogP contribution in [0.1, 0.15) is 34.3 Å². The molecule has 0 aliphatic heterocycles. The lowest BCUT2D eigenvalue weighted by atomic mass is 10.0. The number of halogens is 2. The molecule has 154 valence electrons. The minimum atomic E-state index is -2.93. The number of hydrogen-bond donors (Lipinski definition) is 1. The van der Waals surface area contributed by atoms with Crippen molar-refractivity contribution in [1.29, 1.82) is 0 Å². The van der Waals surface area contributed by atoms with E-state index in [1.54, 1.807) is 12.1 Å². The van der Waals surface area contributed by atoms with Crippen molar-refractivity contribution in [1.82, 2.24) is 0 Å². The van der Waals surface area contributed by atoms with Crippen LogP contribution in [0.4, 0.5) is 14.5 Å². The van der Waals surface area contributed by atoms with E-state index in [4.69, 9.17) is 4.74 Å². The van der Waals surface area contributed by atoms with Crippen molar-refractivity contribution in [3.8, 4) is 5.75 Å². The van der Waals surface area contributed by atoms with Gasteiger partial charge in [0.15, 0.2) is 12.4 Å². The Hall–Kier alpha value is -3.29. The number of hydrogen-bond acceptors (Lipinski definition) is 5. The number of rotatable bonds is 9. The van der Waals surface area contributed by atoms with Crippen LogP contribution < -0.4 is 10.1 Å². The topological polar surface area (TPSA) is 81.7 Å². The van der Waals surface area contributed by atoms with E-state index in [9.17, 15) is 23.2 Å². The molecule has 0 unspecified atom stereocenters. The summed E-state index contributed by atoms with van der Waals surface area (Å²) in [5, 5.41) is 2.45. The molecule has 0 radical (unpaired) electrons. The molecular weight excluding hydrogens is 384 g/mol. The van der Waals surface area contributed by atoms with Gasteiger partial charge in [0, 0.05) is 17.7 Å². The summed E-state index contributed by atoms with van der Waals surface area (Å²) in [5.74, 6) is -1.49. The number of amides is 1. The fraction of sp³-hybridized carbons (Fsp3) is 0.286. The first kappa shape index (κ1) is 22.0. The maximum Gasteiger partial charge on any atom is 0.387 e. The van der Waals surface area contributed by atoms with Gasteiger partial charge in [-0.15, -0.1) is 0 Å². The molecule has 8 heteroatoms. The van der Waals surface area contributed by atoms with Crippen LogP contribution in [0.15, 0.2) is 42.5 Å². The standard InChI is InChI=1S/C21H21F2NO5/c1-13-3-4-15(11-14(13)2)18(25)9-10-20(27)28-12-19(26)24-16-5-7-17(8-6-16)29-21(22)23/h3-8,11,21H,9-10,12H2,1-2H3,(H,24,26). The molecule has 2 aromatic rings. The number of esters is 1. The third kappa shape index (κ3) is 7.33. The van der Waals surface area contributed by atoms with E-state index in [-0.39, 0.29) is 24.4 Å². The van der Waals surface area contributed by atoms with Crippen molar-refractivity contribution in [2.45, 2.75) is 33.3 Å². The number of ether oxygens (including phenoxy) is 2. The molecule has 0 fully saturated rings. The fourth-order valence-corrected chi connectivity index (χ4v) is 2.41. The summed E-state index contributed by atoms with van der Waals surface area (Å²) in [6.07, 6.45) is -0.159. The predicted octanol–water partition coefficient (Wildman–Crippen LogP) is 4.05. The summed E-state index contributed by atoms with van der Waals surface area (Å²) >= 11 is 0. The van der Waals surface area contributed by atoms with Gasteiger partial charge in [-0.2, -0.15) is 8.78 Å². The zero-order valence-electron chi connectivity index (χ0n) is 16.0. The normalized spacial score (nSPS) is 10.5. The summed E-state index contributed by atoms with van der Waals surface area (Å²) in [4.78, 5) is 35.7. The Morgan fingerprint density at radius 1 is 0.966 bits per heavy atom. The van der Waals surface area contributed by atoms with Crippen LogP contribution >= 0.6 is 0 Å². The Bertz CT molecular complexity index is 881.